The van der Waals surface area contributed by atoms with Crippen LogP contribution >= 0.6 is 11.3 Å². The molecule has 1 aliphatic heterocycles. The van der Waals surface area contributed by atoms with Crippen LogP contribution in [0.1, 0.15) is 21.8 Å². The van der Waals surface area contributed by atoms with Gasteiger partial charge in [-0.25, -0.2) is 9.97 Å². The molecule has 1 aliphatic rings. The van der Waals surface area contributed by atoms with Crippen LogP contribution in [0.3, 0.4) is 0 Å². The predicted octanol–water partition coefficient (Wildman–Crippen LogP) is 1.60. The summed E-state index contributed by atoms with van der Waals surface area (Å²) >= 11 is 1.27. The Morgan fingerprint density at radius 1 is 1.55 bits per heavy atom. The van der Waals surface area contributed by atoms with Crippen LogP contribution in [-0.4, -0.2) is 36.2 Å². The van der Waals surface area contributed by atoms with Crippen molar-refractivity contribution in [1.29, 1.82) is 0 Å². The standard InChI is InChI=1S/C13H13N3O3S/c1-18-12-9-10(20-13(16-9)11(14)17)8(6-15-12)7-2-4-19-5-3-7/h2,6H,3-5H2,1H3,(H2,14,17). The third-order valence-corrected chi connectivity index (χ3v) is 4.20. The molecule has 2 aromatic heterocycles. The molecule has 2 aromatic rings. The summed E-state index contributed by atoms with van der Waals surface area (Å²) in [5, 5.41) is 0.264. The highest BCUT2D eigenvalue weighted by Gasteiger charge is 2.19. The third kappa shape index (κ3) is 2.14. The van der Waals surface area contributed by atoms with Gasteiger partial charge >= 0.3 is 0 Å². The summed E-state index contributed by atoms with van der Waals surface area (Å²) in [6.45, 7) is 1.27. The Morgan fingerprint density at radius 3 is 3.05 bits per heavy atom. The van der Waals surface area contributed by atoms with Crippen molar-refractivity contribution in [3.63, 3.8) is 0 Å². The lowest BCUT2D eigenvalue weighted by Gasteiger charge is -2.14. The van der Waals surface area contributed by atoms with Crippen molar-refractivity contribution in [2.45, 2.75) is 6.42 Å². The molecule has 1 amide bonds. The number of methoxy groups -OCH3 is 1. The summed E-state index contributed by atoms with van der Waals surface area (Å²) in [5.74, 6) is -0.139. The normalized spacial score (nSPS) is 15.2. The van der Waals surface area contributed by atoms with E-state index in [1.54, 1.807) is 6.20 Å². The van der Waals surface area contributed by atoms with E-state index in [-0.39, 0.29) is 5.01 Å². The molecule has 0 atom stereocenters. The topological polar surface area (TPSA) is 87.3 Å². The number of hydrogen-bond acceptors (Lipinski definition) is 6. The van der Waals surface area contributed by atoms with Gasteiger partial charge in [-0.3, -0.25) is 4.79 Å². The highest BCUT2D eigenvalue weighted by molar-refractivity contribution is 7.20. The number of rotatable bonds is 3. The molecule has 0 spiro atoms. The van der Waals surface area contributed by atoms with Gasteiger partial charge in [0.2, 0.25) is 5.88 Å². The van der Waals surface area contributed by atoms with Gasteiger partial charge in [-0.1, -0.05) is 6.08 Å². The van der Waals surface area contributed by atoms with Crippen LogP contribution in [-0.2, 0) is 4.74 Å². The van der Waals surface area contributed by atoms with Crippen molar-refractivity contribution in [3.05, 3.63) is 22.8 Å². The molecular formula is C13H13N3O3S. The number of carbonyl (C=O) groups is 1. The van der Waals surface area contributed by atoms with E-state index >= 15 is 0 Å². The van der Waals surface area contributed by atoms with Crippen LogP contribution in [0, 0.1) is 0 Å². The minimum Gasteiger partial charge on any atom is -0.479 e. The lowest BCUT2D eigenvalue weighted by Crippen LogP contribution is -2.09. The van der Waals surface area contributed by atoms with E-state index in [1.807, 2.05) is 6.08 Å². The minimum atomic E-state index is -0.542. The van der Waals surface area contributed by atoms with Crippen molar-refractivity contribution in [2.75, 3.05) is 20.3 Å². The summed E-state index contributed by atoms with van der Waals surface area (Å²) in [7, 11) is 1.53. The van der Waals surface area contributed by atoms with Crippen LogP contribution in [0.25, 0.3) is 15.8 Å². The number of fused-ring (bicyclic) bond motifs is 1. The second kappa shape index (κ2) is 5.18. The molecule has 6 nitrogen and oxygen atoms in total. The van der Waals surface area contributed by atoms with E-state index in [0.29, 0.717) is 24.6 Å². The van der Waals surface area contributed by atoms with Gasteiger partial charge in [0.25, 0.3) is 5.91 Å². The average molecular weight is 291 g/mol. The highest BCUT2D eigenvalue weighted by Crippen LogP contribution is 2.35. The van der Waals surface area contributed by atoms with Gasteiger partial charge in [0, 0.05) is 11.8 Å². The molecule has 7 heteroatoms. The minimum absolute atomic E-state index is 0.264. The molecule has 0 aliphatic carbocycles. The predicted molar refractivity (Wildman–Crippen MR) is 75.9 cm³/mol. The molecule has 3 rings (SSSR count). The van der Waals surface area contributed by atoms with Gasteiger partial charge in [-0.05, 0) is 12.0 Å². The Hall–Kier alpha value is -1.99. The maximum absolute atomic E-state index is 11.3. The van der Waals surface area contributed by atoms with Gasteiger partial charge in [0.05, 0.1) is 25.0 Å². The van der Waals surface area contributed by atoms with Crippen molar-refractivity contribution < 1.29 is 14.3 Å². The smallest absolute Gasteiger partial charge is 0.277 e. The first-order valence-corrected chi connectivity index (χ1v) is 6.93. The Kier molecular flexibility index (Phi) is 3.37. The zero-order chi connectivity index (χ0) is 14.1. The summed E-state index contributed by atoms with van der Waals surface area (Å²) in [5.41, 5.74) is 8.01. The van der Waals surface area contributed by atoms with Gasteiger partial charge in [0.15, 0.2) is 5.01 Å². The van der Waals surface area contributed by atoms with E-state index in [1.165, 1.54) is 18.4 Å². The molecule has 0 saturated heterocycles. The molecule has 0 radical (unpaired) electrons. The quantitative estimate of drug-likeness (QED) is 0.928. The maximum Gasteiger partial charge on any atom is 0.277 e. The fourth-order valence-corrected chi connectivity index (χ4v) is 3.10. The number of thiazole rings is 1. The third-order valence-electron chi connectivity index (χ3n) is 3.10. The van der Waals surface area contributed by atoms with Crippen LogP contribution < -0.4 is 10.5 Å². The number of aromatic nitrogens is 2. The zero-order valence-electron chi connectivity index (χ0n) is 10.9. The lowest BCUT2D eigenvalue weighted by molar-refractivity contribution is 0.1000. The number of amides is 1. The Bertz CT molecular complexity index is 708. The summed E-state index contributed by atoms with van der Waals surface area (Å²) in [6, 6.07) is 0. The SMILES string of the molecule is COc1ncc(C2=CCOCC2)c2sc(C(N)=O)nc12. The number of carbonyl (C=O) groups excluding carboxylic acids is 1. The number of nitrogens with zero attached hydrogens (tertiary/aromatic N) is 2. The summed E-state index contributed by atoms with van der Waals surface area (Å²) < 4.78 is 11.4. The van der Waals surface area contributed by atoms with Gasteiger partial charge in [-0.2, -0.15) is 0 Å². The molecule has 3 heterocycles. The Balaban J connectivity index is 2.22. The number of nitrogens with two attached hydrogens (primary N) is 1. The molecule has 0 bridgehead atoms. The van der Waals surface area contributed by atoms with E-state index in [9.17, 15) is 4.79 Å². The van der Waals surface area contributed by atoms with Crippen LogP contribution in [0.5, 0.6) is 5.88 Å². The Morgan fingerprint density at radius 2 is 2.40 bits per heavy atom. The van der Waals surface area contributed by atoms with E-state index in [4.69, 9.17) is 15.2 Å². The maximum atomic E-state index is 11.3. The molecule has 0 fully saturated rings. The lowest BCUT2D eigenvalue weighted by atomic mass is 10.0. The van der Waals surface area contributed by atoms with Crippen molar-refractivity contribution in [1.82, 2.24) is 9.97 Å². The van der Waals surface area contributed by atoms with Gasteiger partial charge in [0.1, 0.15) is 5.52 Å². The number of ether oxygens (including phenoxy) is 2. The number of pyridine rings is 1. The number of hydrogen-bond donors (Lipinski definition) is 1. The van der Waals surface area contributed by atoms with Crippen LogP contribution in [0.15, 0.2) is 12.3 Å². The van der Waals surface area contributed by atoms with Gasteiger partial charge < -0.3 is 15.2 Å². The molecule has 20 heavy (non-hydrogen) atoms. The average Bonchev–Trinajstić information content (AvgIpc) is 2.92. The van der Waals surface area contributed by atoms with Crippen LogP contribution in [0.2, 0.25) is 0 Å². The van der Waals surface area contributed by atoms with E-state index in [2.05, 4.69) is 9.97 Å². The monoisotopic (exact) mass is 291 g/mol. The van der Waals surface area contributed by atoms with Crippen molar-refractivity contribution >= 4 is 33.0 Å². The molecule has 104 valence electrons. The molecule has 0 saturated carbocycles. The molecular weight excluding hydrogens is 278 g/mol. The summed E-state index contributed by atoms with van der Waals surface area (Å²) in [6.07, 6.45) is 4.59. The summed E-state index contributed by atoms with van der Waals surface area (Å²) in [4.78, 5) is 19.8. The second-order valence-electron chi connectivity index (χ2n) is 4.30. The largest absolute Gasteiger partial charge is 0.479 e. The molecule has 2 N–H and O–H groups in total. The van der Waals surface area contributed by atoms with Crippen LogP contribution in [0.4, 0.5) is 0 Å². The van der Waals surface area contributed by atoms with E-state index < -0.39 is 5.91 Å². The second-order valence-corrected chi connectivity index (χ2v) is 5.30. The first-order valence-electron chi connectivity index (χ1n) is 6.11. The fraction of sp³-hybridized carbons (Fsp3) is 0.308. The fourth-order valence-electron chi connectivity index (χ4n) is 2.15. The molecule has 0 aromatic carbocycles. The van der Waals surface area contributed by atoms with Crippen molar-refractivity contribution in [3.8, 4) is 5.88 Å². The van der Waals surface area contributed by atoms with E-state index in [0.717, 1.165) is 22.3 Å². The number of primary amides is 1. The Labute approximate surface area is 119 Å². The van der Waals surface area contributed by atoms with Gasteiger partial charge in [-0.15, -0.1) is 11.3 Å². The highest BCUT2D eigenvalue weighted by atomic mass is 32.1. The first kappa shape index (κ1) is 13.0. The van der Waals surface area contributed by atoms with Crippen molar-refractivity contribution in [2.24, 2.45) is 5.73 Å². The zero-order valence-corrected chi connectivity index (χ0v) is 11.7. The first-order chi connectivity index (χ1) is 9.70. The molecule has 0 unspecified atom stereocenters.